The molecule has 0 saturated carbocycles. The molecule has 3 heterocycles. The van der Waals surface area contributed by atoms with Gasteiger partial charge in [0.1, 0.15) is 11.6 Å². The van der Waals surface area contributed by atoms with E-state index in [9.17, 15) is 4.79 Å². The van der Waals surface area contributed by atoms with Gasteiger partial charge in [0.05, 0.1) is 18.3 Å². The molecule has 21 heavy (non-hydrogen) atoms. The number of nitrogens with one attached hydrogen (secondary N) is 1. The van der Waals surface area contributed by atoms with Crippen LogP contribution in [0.3, 0.4) is 0 Å². The van der Waals surface area contributed by atoms with Crippen LogP contribution in [0.1, 0.15) is 42.9 Å². The van der Waals surface area contributed by atoms with Gasteiger partial charge in [-0.1, -0.05) is 0 Å². The van der Waals surface area contributed by atoms with Crippen molar-refractivity contribution >= 4 is 11.7 Å². The van der Waals surface area contributed by atoms with E-state index in [4.69, 9.17) is 9.97 Å². The fourth-order valence-corrected chi connectivity index (χ4v) is 3.31. The molecule has 2 aliphatic rings. The molecule has 0 unspecified atom stereocenters. The molecule has 2 aliphatic heterocycles. The van der Waals surface area contributed by atoms with Crippen molar-refractivity contribution < 1.29 is 4.79 Å². The van der Waals surface area contributed by atoms with Crippen molar-refractivity contribution in [3.8, 4) is 0 Å². The average Bonchev–Trinajstić information content (AvgIpc) is 2.91. The molecule has 0 bridgehead atoms. The predicted octanol–water partition coefficient (Wildman–Crippen LogP) is 1.19. The van der Waals surface area contributed by atoms with Crippen LogP contribution in [0.25, 0.3) is 0 Å². The zero-order chi connectivity index (χ0) is 15.0. The molecule has 0 aliphatic carbocycles. The van der Waals surface area contributed by atoms with Crippen molar-refractivity contribution in [2.45, 2.75) is 38.8 Å². The van der Waals surface area contributed by atoms with Crippen LogP contribution in [0.5, 0.6) is 0 Å². The van der Waals surface area contributed by atoms with Gasteiger partial charge >= 0.3 is 0 Å². The number of aromatic nitrogens is 2. The van der Waals surface area contributed by atoms with Gasteiger partial charge in [0, 0.05) is 26.1 Å². The summed E-state index contributed by atoms with van der Waals surface area (Å²) in [6, 6.07) is 0.301. The highest BCUT2D eigenvalue weighted by atomic mass is 16.2. The lowest BCUT2D eigenvalue weighted by molar-refractivity contribution is -0.129. The lowest BCUT2D eigenvalue weighted by atomic mass is 10.0. The van der Waals surface area contributed by atoms with Gasteiger partial charge in [0.15, 0.2) is 0 Å². The Hall–Kier alpha value is -1.69. The molecule has 0 spiro atoms. The van der Waals surface area contributed by atoms with E-state index in [-0.39, 0.29) is 5.91 Å². The fraction of sp³-hybridized carbons (Fsp3) is 0.667. The minimum Gasteiger partial charge on any atom is -0.373 e. The number of rotatable bonds is 2. The van der Waals surface area contributed by atoms with Gasteiger partial charge in [-0.2, -0.15) is 0 Å². The van der Waals surface area contributed by atoms with Gasteiger partial charge in [0.2, 0.25) is 5.91 Å². The van der Waals surface area contributed by atoms with Gasteiger partial charge in [-0.3, -0.25) is 9.69 Å². The first kappa shape index (κ1) is 14.3. The van der Waals surface area contributed by atoms with Gasteiger partial charge in [0.25, 0.3) is 0 Å². The highest BCUT2D eigenvalue weighted by molar-refractivity contribution is 5.73. The molecule has 1 fully saturated rings. The second kappa shape index (κ2) is 5.60. The molecule has 1 N–H and O–H groups in total. The van der Waals surface area contributed by atoms with Crippen molar-refractivity contribution in [2.24, 2.45) is 0 Å². The standard InChI is InChI=1S/C15H23N5O/c1-10(21)20-8-6-11-12(9-20)17-15(18-14(11)16-2)13-5-4-7-19(13)3/h13H,4-9H2,1-3H3,(H,16,17,18)/t13-/m1/s1. The summed E-state index contributed by atoms with van der Waals surface area (Å²) in [5, 5.41) is 3.20. The maximum atomic E-state index is 11.6. The molecule has 1 saturated heterocycles. The zero-order valence-electron chi connectivity index (χ0n) is 13.0. The molecule has 1 aromatic heterocycles. The normalized spacial score (nSPS) is 22.2. The third-order valence-corrected chi connectivity index (χ3v) is 4.58. The van der Waals surface area contributed by atoms with Crippen molar-refractivity contribution in [2.75, 3.05) is 32.5 Å². The van der Waals surface area contributed by atoms with Crippen LogP contribution >= 0.6 is 0 Å². The maximum Gasteiger partial charge on any atom is 0.219 e. The second-order valence-corrected chi connectivity index (χ2v) is 5.93. The Kier molecular flexibility index (Phi) is 3.80. The molecule has 3 rings (SSSR count). The maximum absolute atomic E-state index is 11.6. The molecule has 0 aromatic carbocycles. The van der Waals surface area contributed by atoms with Crippen LogP contribution in [-0.4, -0.2) is 52.9 Å². The Morgan fingerprint density at radius 3 is 2.76 bits per heavy atom. The largest absolute Gasteiger partial charge is 0.373 e. The second-order valence-electron chi connectivity index (χ2n) is 5.93. The van der Waals surface area contributed by atoms with E-state index in [0.717, 1.165) is 43.3 Å². The number of carbonyl (C=O) groups is 1. The number of fused-ring (bicyclic) bond motifs is 1. The van der Waals surface area contributed by atoms with E-state index in [1.54, 1.807) is 6.92 Å². The van der Waals surface area contributed by atoms with Gasteiger partial charge in [-0.25, -0.2) is 9.97 Å². The molecular weight excluding hydrogens is 266 g/mol. The highest BCUT2D eigenvalue weighted by Crippen LogP contribution is 2.31. The first-order valence-electron chi connectivity index (χ1n) is 7.63. The molecular formula is C15H23N5O. The number of amides is 1. The quantitative estimate of drug-likeness (QED) is 0.886. The van der Waals surface area contributed by atoms with Crippen LogP contribution in [0.4, 0.5) is 5.82 Å². The molecule has 1 atom stereocenters. The Morgan fingerprint density at radius 2 is 2.14 bits per heavy atom. The Balaban J connectivity index is 1.97. The fourth-order valence-electron chi connectivity index (χ4n) is 3.31. The third kappa shape index (κ3) is 2.60. The Bertz CT molecular complexity index is 559. The SMILES string of the molecule is CNc1nc([C@H]2CCCN2C)nc2c1CCN(C(C)=O)C2. The Labute approximate surface area is 125 Å². The van der Waals surface area contributed by atoms with E-state index >= 15 is 0 Å². The molecule has 1 amide bonds. The number of hydrogen-bond acceptors (Lipinski definition) is 5. The summed E-state index contributed by atoms with van der Waals surface area (Å²) in [4.78, 5) is 25.3. The van der Waals surface area contributed by atoms with E-state index < -0.39 is 0 Å². The Morgan fingerprint density at radius 1 is 1.33 bits per heavy atom. The summed E-state index contributed by atoms with van der Waals surface area (Å²) < 4.78 is 0. The first-order chi connectivity index (χ1) is 10.1. The van der Waals surface area contributed by atoms with Crippen LogP contribution in [0, 0.1) is 0 Å². The number of nitrogens with zero attached hydrogens (tertiary/aromatic N) is 4. The average molecular weight is 289 g/mol. The van der Waals surface area contributed by atoms with Crippen LogP contribution < -0.4 is 5.32 Å². The lowest BCUT2D eigenvalue weighted by Gasteiger charge is -2.29. The van der Waals surface area contributed by atoms with Gasteiger partial charge < -0.3 is 10.2 Å². The van der Waals surface area contributed by atoms with E-state index in [0.29, 0.717) is 12.6 Å². The summed E-state index contributed by atoms with van der Waals surface area (Å²) in [6.07, 6.45) is 3.12. The molecule has 114 valence electrons. The number of anilines is 1. The third-order valence-electron chi connectivity index (χ3n) is 4.58. The minimum atomic E-state index is 0.116. The van der Waals surface area contributed by atoms with E-state index in [1.807, 2.05) is 11.9 Å². The predicted molar refractivity (Wildman–Crippen MR) is 81.0 cm³/mol. The van der Waals surface area contributed by atoms with Crippen molar-refractivity contribution in [1.82, 2.24) is 19.8 Å². The van der Waals surface area contributed by atoms with Crippen LogP contribution in [0.15, 0.2) is 0 Å². The lowest BCUT2D eigenvalue weighted by Crippen LogP contribution is -2.36. The van der Waals surface area contributed by atoms with Crippen molar-refractivity contribution in [3.63, 3.8) is 0 Å². The van der Waals surface area contributed by atoms with Gasteiger partial charge in [-0.15, -0.1) is 0 Å². The van der Waals surface area contributed by atoms with E-state index in [2.05, 4.69) is 17.3 Å². The van der Waals surface area contributed by atoms with Crippen molar-refractivity contribution in [1.29, 1.82) is 0 Å². The molecule has 0 radical (unpaired) electrons. The number of likely N-dealkylation sites (tertiary alicyclic amines) is 1. The molecule has 1 aromatic rings. The summed E-state index contributed by atoms with van der Waals surface area (Å²) in [6.45, 7) is 4.07. The monoisotopic (exact) mass is 289 g/mol. The van der Waals surface area contributed by atoms with E-state index in [1.165, 1.54) is 12.0 Å². The molecule has 6 nitrogen and oxygen atoms in total. The van der Waals surface area contributed by atoms with Gasteiger partial charge in [-0.05, 0) is 32.9 Å². The first-order valence-corrected chi connectivity index (χ1v) is 7.63. The summed E-state index contributed by atoms with van der Waals surface area (Å²) in [7, 11) is 4.03. The van der Waals surface area contributed by atoms with Crippen LogP contribution in [0.2, 0.25) is 0 Å². The summed E-state index contributed by atoms with van der Waals surface area (Å²) in [5.41, 5.74) is 2.17. The summed E-state index contributed by atoms with van der Waals surface area (Å²) >= 11 is 0. The smallest absolute Gasteiger partial charge is 0.219 e. The number of hydrogen-bond donors (Lipinski definition) is 1. The van der Waals surface area contributed by atoms with Crippen LogP contribution in [-0.2, 0) is 17.8 Å². The molecule has 6 heteroatoms. The highest BCUT2D eigenvalue weighted by Gasteiger charge is 2.29. The summed E-state index contributed by atoms with van der Waals surface area (Å²) in [5.74, 6) is 1.94. The topological polar surface area (TPSA) is 61.4 Å². The minimum absolute atomic E-state index is 0.116. The van der Waals surface area contributed by atoms with Crippen molar-refractivity contribution in [3.05, 3.63) is 17.1 Å². The number of carbonyl (C=O) groups excluding carboxylic acids is 1. The zero-order valence-corrected chi connectivity index (χ0v) is 13.0.